The van der Waals surface area contributed by atoms with E-state index in [1.807, 2.05) is 9.80 Å². The number of piperidine rings is 1. The molecule has 0 amide bonds. The number of alkyl halides is 3. The highest BCUT2D eigenvalue weighted by atomic mass is 35.5. The lowest BCUT2D eigenvalue weighted by atomic mass is 9.97. The molecule has 49 heavy (non-hydrogen) atoms. The second-order valence-electron chi connectivity index (χ2n) is 12.6. The molecular weight excluding hydrogens is 693 g/mol. The maximum Gasteiger partial charge on any atom is 0.511 e. The van der Waals surface area contributed by atoms with Gasteiger partial charge in [-0.25, -0.2) is 31.9 Å². The van der Waals surface area contributed by atoms with Gasteiger partial charge in [0.1, 0.15) is 5.69 Å². The van der Waals surface area contributed by atoms with Gasteiger partial charge in [-0.3, -0.25) is 9.80 Å². The zero-order valence-electron chi connectivity index (χ0n) is 27.4. The fourth-order valence-corrected chi connectivity index (χ4v) is 7.73. The zero-order chi connectivity index (χ0) is 35.5. The lowest BCUT2D eigenvalue weighted by Gasteiger charge is -2.47. The maximum atomic E-state index is 14.9. The highest BCUT2D eigenvalue weighted by Gasteiger charge is 2.45. The summed E-state index contributed by atoms with van der Waals surface area (Å²) >= 11 is 6.56. The van der Waals surface area contributed by atoms with Crippen molar-refractivity contribution >= 4 is 44.6 Å². The molecule has 4 N–H and O–H groups in total. The predicted molar refractivity (Wildman–Crippen MR) is 181 cm³/mol. The predicted octanol–water partition coefficient (Wildman–Crippen LogP) is 4.16. The number of aromatic nitrogens is 2. The zero-order valence-corrected chi connectivity index (χ0v) is 28.9. The smallest absolute Gasteiger partial charge is 0.382 e. The number of halogens is 6. The Kier molecular flexibility index (Phi) is 11.8. The van der Waals surface area contributed by atoms with Gasteiger partial charge >= 0.3 is 15.5 Å². The van der Waals surface area contributed by atoms with E-state index in [9.17, 15) is 30.4 Å². The summed E-state index contributed by atoms with van der Waals surface area (Å²) in [5.41, 5.74) is 2.26. The highest BCUT2D eigenvalue weighted by molar-refractivity contribution is 7.90. The van der Waals surface area contributed by atoms with E-state index in [2.05, 4.69) is 38.6 Å². The van der Waals surface area contributed by atoms with Gasteiger partial charge in [-0.1, -0.05) is 31.2 Å². The summed E-state index contributed by atoms with van der Waals surface area (Å²) in [5, 5.41) is 2.79. The second kappa shape index (κ2) is 15.5. The molecule has 2 aromatic rings. The Bertz CT molecular complexity index is 1600. The molecule has 3 aliphatic heterocycles. The standard InChI is InChI=1S/C31H43ClF5N9O2S/c1-3-22-19-45(30-28(32)41-26(29(38)42-30)20(2)39-10-11-40-49(47,48)31(35,36)37)16-17-46(22)23-8-14-43(15-9-23)18-21-6-7-24(33)25(34)27(21)44-12-4-5-13-44/h6-7,22-23,39-40H,2-5,8-19H2,1H3,(H2,38,42). The number of anilines is 3. The minimum Gasteiger partial charge on any atom is -0.382 e. The van der Waals surface area contributed by atoms with Crippen LogP contribution in [0.3, 0.4) is 0 Å². The van der Waals surface area contributed by atoms with Crippen molar-refractivity contribution in [2.24, 2.45) is 0 Å². The molecule has 272 valence electrons. The summed E-state index contributed by atoms with van der Waals surface area (Å²) in [6.45, 7) is 11.0. The van der Waals surface area contributed by atoms with E-state index >= 15 is 0 Å². The molecule has 4 heterocycles. The Morgan fingerprint density at radius 2 is 1.73 bits per heavy atom. The van der Waals surface area contributed by atoms with Crippen molar-refractivity contribution in [1.29, 1.82) is 0 Å². The third kappa shape index (κ3) is 8.49. The molecule has 0 saturated carbocycles. The summed E-state index contributed by atoms with van der Waals surface area (Å²) in [6.07, 6.45) is 4.75. The maximum absolute atomic E-state index is 14.9. The van der Waals surface area contributed by atoms with Crippen LogP contribution in [0.1, 0.15) is 50.3 Å². The molecule has 3 aliphatic rings. The molecule has 18 heteroatoms. The number of hydrogen-bond acceptors (Lipinski definition) is 10. The number of hydrogen-bond donors (Lipinski definition) is 3. The number of nitrogens with two attached hydrogens (primary N) is 1. The van der Waals surface area contributed by atoms with Crippen LogP contribution in [0.5, 0.6) is 0 Å². The number of piperazine rings is 1. The quantitative estimate of drug-likeness (QED) is 0.217. The van der Waals surface area contributed by atoms with Crippen LogP contribution >= 0.6 is 11.6 Å². The molecule has 1 aromatic heterocycles. The van der Waals surface area contributed by atoms with E-state index in [-0.39, 0.29) is 34.9 Å². The first kappa shape index (κ1) is 37.3. The lowest BCUT2D eigenvalue weighted by molar-refractivity contribution is -0.0447. The molecule has 3 saturated heterocycles. The molecule has 5 rings (SSSR count). The average molecular weight is 736 g/mol. The molecule has 0 radical (unpaired) electrons. The highest BCUT2D eigenvalue weighted by Crippen LogP contribution is 2.33. The van der Waals surface area contributed by atoms with E-state index in [0.717, 1.165) is 70.4 Å². The number of likely N-dealkylation sites (tertiary alicyclic amines) is 1. The molecule has 1 atom stereocenters. The fourth-order valence-electron chi connectivity index (χ4n) is 6.95. The molecule has 3 fully saturated rings. The minimum absolute atomic E-state index is 0.0181. The number of nitrogen functional groups attached to an aromatic ring is 1. The number of nitrogens with zero attached hydrogens (tertiary/aromatic N) is 6. The van der Waals surface area contributed by atoms with Crippen LogP contribution in [0.2, 0.25) is 5.15 Å². The molecular formula is C31H43ClF5N9O2S. The third-order valence-electron chi connectivity index (χ3n) is 9.50. The average Bonchev–Trinajstić information content (AvgIpc) is 3.60. The van der Waals surface area contributed by atoms with Crippen LogP contribution in [0.4, 0.5) is 39.3 Å². The van der Waals surface area contributed by atoms with Crippen LogP contribution < -0.4 is 25.6 Å². The van der Waals surface area contributed by atoms with Crippen LogP contribution in [0.15, 0.2) is 18.7 Å². The summed E-state index contributed by atoms with van der Waals surface area (Å²) < 4.78 is 90.4. The van der Waals surface area contributed by atoms with E-state index in [0.29, 0.717) is 37.2 Å². The van der Waals surface area contributed by atoms with Crippen molar-refractivity contribution in [3.63, 3.8) is 0 Å². The molecule has 1 aromatic carbocycles. The van der Waals surface area contributed by atoms with E-state index in [1.54, 1.807) is 6.07 Å². The van der Waals surface area contributed by atoms with E-state index in [4.69, 9.17) is 17.3 Å². The second-order valence-corrected chi connectivity index (χ2v) is 14.8. The third-order valence-corrected chi connectivity index (χ3v) is 11.0. The van der Waals surface area contributed by atoms with Crippen molar-refractivity contribution in [2.75, 3.05) is 74.4 Å². The SMILES string of the molecule is C=C(NCCNS(=O)(=O)C(F)(F)F)c1nc(Cl)c(N2CCN(C3CCN(Cc4ccc(F)c(F)c4N4CCCC4)CC3)C(CC)C2)nc1N. The van der Waals surface area contributed by atoms with Gasteiger partial charge in [0.2, 0.25) is 0 Å². The number of sulfonamides is 1. The Balaban J connectivity index is 1.15. The molecule has 11 nitrogen and oxygen atoms in total. The van der Waals surface area contributed by atoms with Gasteiger partial charge < -0.3 is 20.9 Å². The van der Waals surface area contributed by atoms with Gasteiger partial charge in [-0.05, 0) is 56.8 Å². The Labute approximate surface area is 288 Å². The van der Waals surface area contributed by atoms with Crippen LogP contribution in [-0.4, -0.2) is 105 Å². The Morgan fingerprint density at radius 3 is 2.39 bits per heavy atom. The first-order valence-corrected chi connectivity index (χ1v) is 18.3. The van der Waals surface area contributed by atoms with Gasteiger partial charge in [-0.15, -0.1) is 0 Å². The summed E-state index contributed by atoms with van der Waals surface area (Å²) in [4.78, 5) is 17.7. The van der Waals surface area contributed by atoms with Crippen LogP contribution in [0.25, 0.3) is 5.70 Å². The summed E-state index contributed by atoms with van der Waals surface area (Å²) in [6, 6.07) is 3.54. The normalized spacial score (nSPS) is 20.3. The molecule has 1 unspecified atom stereocenters. The van der Waals surface area contributed by atoms with E-state index in [1.165, 1.54) is 10.8 Å². The van der Waals surface area contributed by atoms with Crippen molar-refractivity contribution < 1.29 is 30.4 Å². The Morgan fingerprint density at radius 1 is 1.04 bits per heavy atom. The van der Waals surface area contributed by atoms with Gasteiger partial charge in [-0.2, -0.15) is 13.2 Å². The molecule has 0 bridgehead atoms. The van der Waals surface area contributed by atoms with Crippen molar-refractivity contribution in [3.8, 4) is 0 Å². The van der Waals surface area contributed by atoms with Gasteiger partial charge in [0, 0.05) is 64.4 Å². The lowest BCUT2D eigenvalue weighted by Crippen LogP contribution is -2.58. The topological polar surface area (TPSA) is 123 Å². The van der Waals surface area contributed by atoms with Gasteiger partial charge in [0.15, 0.2) is 28.4 Å². The summed E-state index contributed by atoms with van der Waals surface area (Å²) in [5.74, 6) is -1.12. The first-order chi connectivity index (χ1) is 23.2. The monoisotopic (exact) mass is 735 g/mol. The molecule has 0 aliphatic carbocycles. The number of nitrogens with one attached hydrogen (secondary N) is 2. The van der Waals surface area contributed by atoms with Gasteiger partial charge in [0.25, 0.3) is 0 Å². The number of benzene rings is 1. The Hall–Kier alpha value is -2.99. The first-order valence-electron chi connectivity index (χ1n) is 16.5. The summed E-state index contributed by atoms with van der Waals surface area (Å²) in [7, 11) is -5.46. The minimum atomic E-state index is -5.46. The van der Waals surface area contributed by atoms with Crippen molar-refractivity contribution in [1.82, 2.24) is 29.8 Å². The largest absolute Gasteiger partial charge is 0.511 e. The molecule has 0 spiro atoms. The van der Waals surface area contributed by atoms with Crippen LogP contribution in [-0.2, 0) is 16.6 Å². The van der Waals surface area contributed by atoms with E-state index < -0.39 is 33.7 Å². The van der Waals surface area contributed by atoms with Crippen LogP contribution in [0, 0.1) is 11.6 Å². The van der Waals surface area contributed by atoms with Gasteiger partial charge in [0.05, 0.1) is 11.4 Å². The van der Waals surface area contributed by atoms with Crippen molar-refractivity contribution in [2.45, 2.75) is 63.2 Å². The number of rotatable bonds is 12. The fraction of sp³-hybridized carbons (Fsp3) is 0.613. The van der Waals surface area contributed by atoms with Crippen molar-refractivity contribution in [3.05, 3.63) is 46.8 Å².